The Kier molecular flexibility index (Phi) is 4.10. The molecule has 100 valence electrons. The van der Waals surface area contributed by atoms with Crippen LogP contribution in [0, 0.1) is 13.8 Å². The first-order valence-corrected chi connectivity index (χ1v) is 6.71. The van der Waals surface area contributed by atoms with E-state index >= 15 is 0 Å². The molecule has 0 fully saturated rings. The molecule has 0 aromatic carbocycles. The van der Waals surface area contributed by atoms with Crippen LogP contribution in [-0.2, 0) is 6.42 Å². The molecule has 0 amide bonds. The molecule has 2 heterocycles. The van der Waals surface area contributed by atoms with Crippen LogP contribution in [0.5, 0.6) is 0 Å². The summed E-state index contributed by atoms with van der Waals surface area (Å²) in [5.41, 5.74) is 4.00. The lowest BCUT2D eigenvalue weighted by molar-refractivity contribution is 0.981. The lowest BCUT2D eigenvalue weighted by Crippen LogP contribution is -2.08. The molecular formula is C15H20N4. The van der Waals surface area contributed by atoms with Crippen LogP contribution in [-0.4, -0.2) is 21.5 Å². The number of hydrogen-bond donors (Lipinski definition) is 1. The van der Waals surface area contributed by atoms with Gasteiger partial charge in [-0.05, 0) is 39.3 Å². The van der Waals surface area contributed by atoms with Gasteiger partial charge in [0.05, 0.1) is 0 Å². The van der Waals surface area contributed by atoms with Gasteiger partial charge in [-0.25, -0.2) is 15.0 Å². The van der Waals surface area contributed by atoms with E-state index < -0.39 is 0 Å². The molecule has 0 aliphatic heterocycles. The van der Waals surface area contributed by atoms with E-state index in [1.54, 1.807) is 0 Å². The van der Waals surface area contributed by atoms with Gasteiger partial charge in [-0.3, -0.25) is 0 Å². The largest absolute Gasteiger partial charge is 0.370 e. The number of pyridine rings is 1. The molecule has 0 aliphatic rings. The molecule has 0 saturated carbocycles. The molecule has 2 aromatic heterocycles. The van der Waals surface area contributed by atoms with Crippen molar-refractivity contribution >= 4 is 5.82 Å². The van der Waals surface area contributed by atoms with Crippen LogP contribution in [0.25, 0.3) is 11.5 Å². The van der Waals surface area contributed by atoms with Crippen LogP contribution in [0.4, 0.5) is 5.82 Å². The normalized spacial score (nSPS) is 10.5. The van der Waals surface area contributed by atoms with Crippen molar-refractivity contribution in [2.45, 2.75) is 34.1 Å². The zero-order valence-corrected chi connectivity index (χ0v) is 12.0. The predicted octanol–water partition coefficient (Wildman–Crippen LogP) is 3.15. The van der Waals surface area contributed by atoms with E-state index in [1.165, 1.54) is 5.56 Å². The average molecular weight is 256 g/mol. The van der Waals surface area contributed by atoms with Crippen LogP contribution in [0.15, 0.2) is 18.2 Å². The van der Waals surface area contributed by atoms with E-state index in [2.05, 4.69) is 34.1 Å². The van der Waals surface area contributed by atoms with Crippen LogP contribution >= 0.6 is 0 Å². The van der Waals surface area contributed by atoms with E-state index in [9.17, 15) is 0 Å². The highest BCUT2D eigenvalue weighted by Crippen LogP contribution is 2.21. The number of rotatable bonds is 4. The van der Waals surface area contributed by atoms with Crippen molar-refractivity contribution in [2.75, 3.05) is 11.9 Å². The van der Waals surface area contributed by atoms with E-state index in [4.69, 9.17) is 0 Å². The second-order valence-corrected chi connectivity index (χ2v) is 4.51. The first-order valence-electron chi connectivity index (χ1n) is 6.71. The summed E-state index contributed by atoms with van der Waals surface area (Å²) in [7, 11) is 0. The Balaban J connectivity index is 2.53. The van der Waals surface area contributed by atoms with Crippen molar-refractivity contribution in [3.8, 4) is 11.5 Å². The van der Waals surface area contributed by atoms with Gasteiger partial charge >= 0.3 is 0 Å². The smallest absolute Gasteiger partial charge is 0.180 e. The summed E-state index contributed by atoms with van der Waals surface area (Å²) >= 11 is 0. The summed E-state index contributed by atoms with van der Waals surface area (Å²) in [6.07, 6.45) is 0.926. The Hall–Kier alpha value is -1.97. The highest BCUT2D eigenvalue weighted by Gasteiger charge is 2.11. The fourth-order valence-electron chi connectivity index (χ4n) is 2.12. The summed E-state index contributed by atoms with van der Waals surface area (Å²) in [4.78, 5) is 13.7. The van der Waals surface area contributed by atoms with Gasteiger partial charge < -0.3 is 5.32 Å². The van der Waals surface area contributed by atoms with Crippen molar-refractivity contribution in [1.29, 1.82) is 0 Å². The predicted molar refractivity (Wildman–Crippen MR) is 78.3 cm³/mol. The maximum absolute atomic E-state index is 4.62. The minimum atomic E-state index is 0.689. The van der Waals surface area contributed by atoms with Gasteiger partial charge in [0.25, 0.3) is 0 Å². The molecule has 0 atom stereocenters. The standard InChI is InChI=1S/C15H20N4/c1-5-12-11(4)18-15(19-14(12)16-6-2)13-9-7-8-10(3)17-13/h7-9H,5-6H2,1-4H3,(H,16,18,19). The zero-order valence-electron chi connectivity index (χ0n) is 12.0. The second kappa shape index (κ2) is 5.78. The molecule has 0 unspecified atom stereocenters. The van der Waals surface area contributed by atoms with Gasteiger partial charge in [0.15, 0.2) is 5.82 Å². The van der Waals surface area contributed by atoms with Gasteiger partial charge in [0, 0.05) is 23.5 Å². The topological polar surface area (TPSA) is 50.7 Å². The summed E-state index contributed by atoms with van der Waals surface area (Å²) in [5, 5.41) is 3.31. The Morgan fingerprint density at radius 3 is 2.47 bits per heavy atom. The Labute approximate surface area is 114 Å². The van der Waals surface area contributed by atoms with Gasteiger partial charge in [0.1, 0.15) is 11.5 Å². The third kappa shape index (κ3) is 2.89. The maximum Gasteiger partial charge on any atom is 0.180 e. The summed E-state index contributed by atoms with van der Waals surface area (Å²) < 4.78 is 0. The molecular weight excluding hydrogens is 236 g/mol. The van der Waals surface area contributed by atoms with Crippen molar-refractivity contribution in [3.63, 3.8) is 0 Å². The number of aryl methyl sites for hydroxylation is 2. The zero-order chi connectivity index (χ0) is 13.8. The van der Waals surface area contributed by atoms with Gasteiger partial charge in [-0.2, -0.15) is 0 Å². The third-order valence-electron chi connectivity index (χ3n) is 3.03. The van der Waals surface area contributed by atoms with E-state index in [-0.39, 0.29) is 0 Å². The molecule has 0 saturated heterocycles. The molecule has 0 radical (unpaired) electrons. The summed E-state index contributed by atoms with van der Waals surface area (Å²) in [6, 6.07) is 5.90. The molecule has 4 nitrogen and oxygen atoms in total. The van der Waals surface area contributed by atoms with Crippen molar-refractivity contribution in [3.05, 3.63) is 35.2 Å². The second-order valence-electron chi connectivity index (χ2n) is 4.51. The fourth-order valence-corrected chi connectivity index (χ4v) is 2.12. The van der Waals surface area contributed by atoms with Gasteiger partial charge in [-0.1, -0.05) is 13.0 Å². The van der Waals surface area contributed by atoms with Crippen LogP contribution < -0.4 is 5.32 Å². The molecule has 2 aromatic rings. The minimum Gasteiger partial charge on any atom is -0.370 e. The number of nitrogens with one attached hydrogen (secondary N) is 1. The molecule has 19 heavy (non-hydrogen) atoms. The molecule has 0 bridgehead atoms. The summed E-state index contributed by atoms with van der Waals surface area (Å²) in [6.45, 7) is 9.05. The van der Waals surface area contributed by atoms with Crippen LogP contribution in [0.1, 0.15) is 30.8 Å². The monoisotopic (exact) mass is 256 g/mol. The third-order valence-corrected chi connectivity index (χ3v) is 3.03. The fraction of sp³-hybridized carbons (Fsp3) is 0.400. The van der Waals surface area contributed by atoms with Crippen molar-refractivity contribution in [2.24, 2.45) is 0 Å². The number of aromatic nitrogens is 3. The summed E-state index contributed by atoms with van der Waals surface area (Å²) in [5.74, 6) is 1.62. The quantitative estimate of drug-likeness (QED) is 0.913. The Morgan fingerprint density at radius 2 is 1.84 bits per heavy atom. The van der Waals surface area contributed by atoms with E-state index in [1.807, 2.05) is 32.0 Å². The molecule has 0 spiro atoms. The molecule has 2 rings (SSSR count). The Bertz CT molecular complexity index is 578. The van der Waals surface area contributed by atoms with E-state index in [0.717, 1.165) is 35.9 Å². The maximum atomic E-state index is 4.62. The Morgan fingerprint density at radius 1 is 1.05 bits per heavy atom. The van der Waals surface area contributed by atoms with Crippen LogP contribution in [0.3, 0.4) is 0 Å². The molecule has 4 heteroatoms. The highest BCUT2D eigenvalue weighted by atomic mass is 15.0. The van der Waals surface area contributed by atoms with E-state index in [0.29, 0.717) is 5.82 Å². The van der Waals surface area contributed by atoms with Crippen LogP contribution in [0.2, 0.25) is 0 Å². The number of anilines is 1. The SMILES string of the molecule is CCNc1nc(-c2cccc(C)n2)nc(C)c1CC. The van der Waals surface area contributed by atoms with Gasteiger partial charge in [0.2, 0.25) is 0 Å². The first-order chi connectivity index (χ1) is 9.15. The lowest BCUT2D eigenvalue weighted by atomic mass is 10.1. The first kappa shape index (κ1) is 13.5. The van der Waals surface area contributed by atoms with Gasteiger partial charge in [-0.15, -0.1) is 0 Å². The molecule has 0 aliphatic carbocycles. The highest BCUT2D eigenvalue weighted by molar-refractivity contribution is 5.56. The average Bonchev–Trinajstić information content (AvgIpc) is 2.39. The van der Waals surface area contributed by atoms with Crippen molar-refractivity contribution in [1.82, 2.24) is 15.0 Å². The minimum absolute atomic E-state index is 0.689. The molecule has 1 N–H and O–H groups in total. The lowest BCUT2D eigenvalue weighted by Gasteiger charge is -2.12. The van der Waals surface area contributed by atoms with Crippen molar-refractivity contribution < 1.29 is 0 Å². The number of nitrogens with zero attached hydrogens (tertiary/aromatic N) is 3. The number of hydrogen-bond acceptors (Lipinski definition) is 4.